The highest BCUT2D eigenvalue weighted by Crippen LogP contribution is 2.26. The Morgan fingerprint density at radius 1 is 1.42 bits per heavy atom. The van der Waals surface area contributed by atoms with Crippen LogP contribution in [0, 0.1) is 0 Å². The summed E-state index contributed by atoms with van der Waals surface area (Å²) in [6.45, 7) is -3.01. The molecule has 2 rings (SSSR count). The number of carbonyl (C=O) groups is 1. The van der Waals surface area contributed by atoms with E-state index in [-0.39, 0.29) is 16.3 Å². The maximum Gasteiger partial charge on any atom is 0.387 e. The smallest absolute Gasteiger partial charge is 0.387 e. The number of hydrogen-bond donors (Lipinski definition) is 2. The first-order valence-corrected chi connectivity index (χ1v) is 5.97. The Hall–Kier alpha value is -2.22. The molecule has 0 unspecified atom stereocenters. The van der Waals surface area contributed by atoms with Crippen LogP contribution in [0.3, 0.4) is 0 Å². The van der Waals surface area contributed by atoms with Crippen LogP contribution in [0.15, 0.2) is 34.6 Å². The van der Waals surface area contributed by atoms with Crippen LogP contribution >= 0.6 is 11.3 Å². The first-order valence-electron chi connectivity index (χ1n) is 5.09. The number of amides is 1. The van der Waals surface area contributed by atoms with E-state index in [1.54, 1.807) is 0 Å². The van der Waals surface area contributed by atoms with Crippen molar-refractivity contribution in [2.75, 3.05) is 5.32 Å². The van der Waals surface area contributed by atoms with E-state index in [1.165, 1.54) is 29.8 Å². The first-order chi connectivity index (χ1) is 9.08. The predicted molar refractivity (Wildman–Crippen MR) is 66.0 cm³/mol. The summed E-state index contributed by atoms with van der Waals surface area (Å²) < 4.78 is 28.5. The number of rotatable bonds is 4. The molecule has 2 heterocycles. The van der Waals surface area contributed by atoms with Crippen molar-refractivity contribution in [3.8, 4) is 5.75 Å². The van der Waals surface area contributed by atoms with Crippen molar-refractivity contribution < 1.29 is 18.3 Å². The fourth-order valence-electron chi connectivity index (χ4n) is 1.35. The average molecular weight is 286 g/mol. The van der Waals surface area contributed by atoms with Crippen LogP contribution in [0.1, 0.15) is 9.67 Å². The van der Waals surface area contributed by atoms with Crippen molar-refractivity contribution in [1.82, 2.24) is 4.98 Å². The van der Waals surface area contributed by atoms with E-state index in [0.717, 1.165) is 11.3 Å². The van der Waals surface area contributed by atoms with Crippen molar-refractivity contribution >= 4 is 22.9 Å². The van der Waals surface area contributed by atoms with Gasteiger partial charge in [0.2, 0.25) is 0 Å². The van der Waals surface area contributed by atoms with Gasteiger partial charge in [0.1, 0.15) is 16.3 Å². The number of carbonyl (C=O) groups excluding carboxylic acids is 1. The summed E-state index contributed by atoms with van der Waals surface area (Å²) in [5.41, 5.74) is -0.451. The second-order valence-electron chi connectivity index (χ2n) is 3.36. The van der Waals surface area contributed by atoms with Crippen molar-refractivity contribution in [2.24, 2.45) is 0 Å². The summed E-state index contributed by atoms with van der Waals surface area (Å²) in [5.74, 6) is -0.896. The Morgan fingerprint density at radius 3 is 2.89 bits per heavy atom. The van der Waals surface area contributed by atoms with Gasteiger partial charge in [-0.25, -0.2) is 0 Å². The van der Waals surface area contributed by atoms with Crippen LogP contribution in [-0.2, 0) is 0 Å². The molecule has 2 aromatic rings. The maximum absolute atomic E-state index is 12.1. The minimum atomic E-state index is -3.01. The van der Waals surface area contributed by atoms with Crippen molar-refractivity contribution in [1.29, 1.82) is 0 Å². The number of hydrogen-bond acceptors (Lipinski definition) is 4. The normalized spacial score (nSPS) is 10.5. The number of nitrogens with one attached hydrogen (secondary N) is 2. The highest BCUT2D eigenvalue weighted by Gasteiger charge is 2.18. The molecule has 0 aliphatic rings. The number of aromatic nitrogens is 1. The zero-order chi connectivity index (χ0) is 13.8. The van der Waals surface area contributed by atoms with Gasteiger partial charge in [0.25, 0.3) is 11.5 Å². The largest absolute Gasteiger partial charge is 0.433 e. The van der Waals surface area contributed by atoms with Crippen LogP contribution < -0.4 is 15.6 Å². The second kappa shape index (κ2) is 5.61. The fourth-order valence-corrected chi connectivity index (χ4v) is 2.07. The fraction of sp³-hybridized carbons (Fsp3) is 0.0909. The third kappa shape index (κ3) is 3.16. The zero-order valence-electron chi connectivity index (χ0n) is 9.35. The predicted octanol–water partition coefficient (Wildman–Crippen LogP) is 2.29. The SMILES string of the molecule is O=C(Nc1ccc[nH]c1=O)c1sccc1OC(F)F. The number of aromatic amines is 1. The van der Waals surface area contributed by atoms with Gasteiger partial charge in [-0.2, -0.15) is 8.78 Å². The number of H-pyrrole nitrogens is 1. The molecule has 0 spiro atoms. The summed E-state index contributed by atoms with van der Waals surface area (Å²) >= 11 is 0.942. The maximum atomic E-state index is 12.1. The molecule has 8 heteroatoms. The zero-order valence-corrected chi connectivity index (χ0v) is 10.2. The minimum absolute atomic E-state index is 0.0245. The molecule has 19 heavy (non-hydrogen) atoms. The van der Waals surface area contributed by atoms with Gasteiger partial charge in [0.05, 0.1) is 0 Å². The van der Waals surface area contributed by atoms with Gasteiger partial charge >= 0.3 is 6.61 Å². The Labute approximate surface area is 109 Å². The topological polar surface area (TPSA) is 71.2 Å². The Kier molecular flexibility index (Phi) is 3.91. The molecule has 2 N–H and O–H groups in total. The Balaban J connectivity index is 2.19. The molecule has 0 bridgehead atoms. The number of anilines is 1. The molecule has 0 radical (unpaired) electrons. The summed E-state index contributed by atoms with van der Waals surface area (Å²) in [7, 11) is 0. The monoisotopic (exact) mass is 286 g/mol. The standard InChI is InChI=1S/C11H8F2N2O3S/c12-11(13)18-7-3-5-19-8(7)10(17)15-6-2-1-4-14-9(6)16/h1-5,11H,(H,14,16)(H,15,17). The van der Waals surface area contributed by atoms with Crippen LogP contribution in [0.25, 0.3) is 0 Å². The number of halogens is 2. The number of alkyl halides is 2. The Bertz CT molecular complexity index is 639. The van der Waals surface area contributed by atoms with Crippen molar-refractivity contribution in [3.63, 3.8) is 0 Å². The van der Waals surface area contributed by atoms with Gasteiger partial charge in [0, 0.05) is 6.20 Å². The van der Waals surface area contributed by atoms with Crippen LogP contribution in [0.2, 0.25) is 0 Å². The Morgan fingerprint density at radius 2 is 2.21 bits per heavy atom. The first kappa shape index (κ1) is 13.2. The summed E-state index contributed by atoms with van der Waals surface area (Å²) in [5, 5.41) is 3.78. The van der Waals surface area contributed by atoms with E-state index in [0.29, 0.717) is 0 Å². The summed E-state index contributed by atoms with van der Waals surface area (Å²) in [4.78, 5) is 25.6. The summed E-state index contributed by atoms with van der Waals surface area (Å²) in [6.07, 6.45) is 1.41. The van der Waals surface area contributed by atoms with Gasteiger partial charge < -0.3 is 15.0 Å². The van der Waals surface area contributed by atoms with E-state index in [4.69, 9.17) is 0 Å². The van der Waals surface area contributed by atoms with Crippen molar-refractivity contribution in [2.45, 2.75) is 6.61 Å². The van der Waals surface area contributed by atoms with E-state index >= 15 is 0 Å². The highest BCUT2D eigenvalue weighted by molar-refractivity contribution is 7.12. The molecule has 0 aliphatic heterocycles. The van der Waals surface area contributed by atoms with E-state index in [9.17, 15) is 18.4 Å². The van der Waals surface area contributed by atoms with Gasteiger partial charge in [-0.1, -0.05) is 0 Å². The number of pyridine rings is 1. The molecule has 2 aromatic heterocycles. The second-order valence-corrected chi connectivity index (χ2v) is 4.28. The number of ether oxygens (including phenoxy) is 1. The third-order valence-corrected chi connectivity index (χ3v) is 3.01. The molecule has 1 amide bonds. The van der Waals surface area contributed by atoms with E-state index in [2.05, 4.69) is 15.0 Å². The average Bonchev–Trinajstić information content (AvgIpc) is 2.79. The minimum Gasteiger partial charge on any atom is -0.433 e. The van der Waals surface area contributed by atoms with E-state index in [1.807, 2.05) is 0 Å². The molecular weight excluding hydrogens is 278 g/mol. The summed E-state index contributed by atoms with van der Waals surface area (Å²) in [6, 6.07) is 4.20. The molecule has 0 aliphatic carbocycles. The molecule has 100 valence electrons. The molecule has 5 nitrogen and oxygen atoms in total. The van der Waals surface area contributed by atoms with Crippen LogP contribution in [-0.4, -0.2) is 17.5 Å². The van der Waals surface area contributed by atoms with Gasteiger partial charge in [-0.3, -0.25) is 9.59 Å². The van der Waals surface area contributed by atoms with Gasteiger partial charge in [-0.15, -0.1) is 11.3 Å². The van der Waals surface area contributed by atoms with Crippen molar-refractivity contribution in [3.05, 3.63) is 45.0 Å². The lowest BCUT2D eigenvalue weighted by atomic mass is 10.3. The molecule has 0 fully saturated rings. The lowest BCUT2D eigenvalue weighted by Gasteiger charge is -2.06. The lowest BCUT2D eigenvalue weighted by molar-refractivity contribution is -0.0498. The quantitative estimate of drug-likeness (QED) is 0.905. The van der Waals surface area contributed by atoms with Crippen LogP contribution in [0.4, 0.5) is 14.5 Å². The molecule has 0 atom stereocenters. The van der Waals surface area contributed by atoms with E-state index < -0.39 is 18.1 Å². The molecule has 0 saturated heterocycles. The lowest BCUT2D eigenvalue weighted by Crippen LogP contribution is -2.19. The van der Waals surface area contributed by atoms with Gasteiger partial charge in [0.15, 0.2) is 0 Å². The molecule has 0 aromatic carbocycles. The third-order valence-electron chi connectivity index (χ3n) is 2.12. The molecule has 0 saturated carbocycles. The number of thiophene rings is 1. The van der Waals surface area contributed by atoms with Crippen LogP contribution in [0.5, 0.6) is 5.75 Å². The highest BCUT2D eigenvalue weighted by atomic mass is 32.1. The van der Waals surface area contributed by atoms with Gasteiger partial charge in [-0.05, 0) is 23.6 Å². The molecular formula is C11H8F2N2O3S.